The summed E-state index contributed by atoms with van der Waals surface area (Å²) in [5.74, 6) is -1.89. The van der Waals surface area contributed by atoms with Gasteiger partial charge >= 0.3 is 12.1 Å². The van der Waals surface area contributed by atoms with Gasteiger partial charge in [-0.25, -0.2) is 4.79 Å². The molecule has 2 saturated heterocycles. The van der Waals surface area contributed by atoms with Crippen molar-refractivity contribution in [1.29, 1.82) is 0 Å². The minimum atomic E-state index is -0.959. The molecule has 7 heteroatoms. The summed E-state index contributed by atoms with van der Waals surface area (Å²) in [5, 5.41) is 11.9. The first-order valence-corrected chi connectivity index (χ1v) is 7.15. The average molecular weight is 298 g/mol. The van der Waals surface area contributed by atoms with Crippen molar-refractivity contribution in [3.8, 4) is 0 Å². The van der Waals surface area contributed by atoms with E-state index in [0.717, 1.165) is 0 Å². The van der Waals surface area contributed by atoms with Crippen LogP contribution in [0.25, 0.3) is 0 Å². The van der Waals surface area contributed by atoms with Crippen molar-refractivity contribution in [3.05, 3.63) is 0 Å². The normalized spacial score (nSPS) is 24.8. The third-order valence-corrected chi connectivity index (χ3v) is 4.19. The number of carboxylic acid groups (broad SMARTS) is 1. The summed E-state index contributed by atoms with van der Waals surface area (Å²) in [6.07, 6.45) is 0.298. The number of aliphatic carboxylic acids is 1. The maximum atomic E-state index is 12.1. The molecule has 2 N–H and O–H groups in total. The fourth-order valence-electron chi connectivity index (χ4n) is 3.04. The van der Waals surface area contributed by atoms with E-state index >= 15 is 0 Å². The molecule has 0 bridgehead atoms. The smallest absolute Gasteiger partial charge is 0.410 e. The molecule has 21 heavy (non-hydrogen) atoms. The van der Waals surface area contributed by atoms with E-state index in [9.17, 15) is 19.5 Å². The molecule has 2 aliphatic heterocycles. The van der Waals surface area contributed by atoms with Crippen molar-refractivity contribution in [2.24, 2.45) is 11.3 Å². The van der Waals surface area contributed by atoms with Crippen LogP contribution in [0.1, 0.15) is 33.6 Å². The number of likely N-dealkylation sites (tertiary alicyclic amines) is 1. The molecule has 0 saturated carbocycles. The highest BCUT2D eigenvalue weighted by Gasteiger charge is 2.55. The molecular formula is C14H22N2O5. The van der Waals surface area contributed by atoms with Crippen molar-refractivity contribution in [1.82, 2.24) is 10.2 Å². The van der Waals surface area contributed by atoms with E-state index < -0.39 is 29.0 Å². The first-order valence-electron chi connectivity index (χ1n) is 7.15. The number of amides is 2. The molecule has 2 rings (SSSR count). The molecule has 1 spiro atoms. The second-order valence-electron chi connectivity index (χ2n) is 6.72. The number of rotatable bonds is 1. The Bertz CT molecular complexity index is 460. The van der Waals surface area contributed by atoms with Gasteiger partial charge in [-0.15, -0.1) is 0 Å². The summed E-state index contributed by atoms with van der Waals surface area (Å²) in [4.78, 5) is 36.9. The van der Waals surface area contributed by atoms with Crippen molar-refractivity contribution in [2.45, 2.75) is 39.2 Å². The SMILES string of the molecule is CC(C)(C)OC(=O)N1CCC2(CC1)C(=O)NC[C@H]2C(=O)O. The molecule has 0 aromatic heterocycles. The minimum absolute atomic E-state index is 0.167. The fraction of sp³-hybridized carbons (Fsp3) is 0.786. The highest BCUT2D eigenvalue weighted by Crippen LogP contribution is 2.42. The molecule has 0 aliphatic carbocycles. The van der Waals surface area contributed by atoms with Crippen molar-refractivity contribution in [2.75, 3.05) is 19.6 Å². The first kappa shape index (κ1) is 15.6. The Morgan fingerprint density at radius 1 is 1.33 bits per heavy atom. The van der Waals surface area contributed by atoms with Gasteiger partial charge in [-0.05, 0) is 33.6 Å². The Morgan fingerprint density at radius 2 is 1.90 bits per heavy atom. The fourth-order valence-corrected chi connectivity index (χ4v) is 3.04. The zero-order chi connectivity index (χ0) is 15.8. The van der Waals surface area contributed by atoms with Gasteiger partial charge in [0.25, 0.3) is 0 Å². The van der Waals surface area contributed by atoms with Crippen LogP contribution in [0.4, 0.5) is 4.79 Å². The lowest BCUT2D eigenvalue weighted by atomic mass is 9.70. The molecular weight excluding hydrogens is 276 g/mol. The molecule has 1 atom stereocenters. The summed E-state index contributed by atoms with van der Waals surface area (Å²) in [5.41, 5.74) is -1.45. The predicted molar refractivity (Wildman–Crippen MR) is 73.6 cm³/mol. The predicted octanol–water partition coefficient (Wildman–Crippen LogP) is 0.834. The third-order valence-electron chi connectivity index (χ3n) is 4.19. The summed E-state index contributed by atoms with van der Waals surface area (Å²) in [7, 11) is 0. The van der Waals surface area contributed by atoms with E-state index in [1.54, 1.807) is 25.7 Å². The summed E-state index contributed by atoms with van der Waals surface area (Å²) in [6.45, 7) is 6.22. The van der Waals surface area contributed by atoms with E-state index in [1.807, 2.05) is 0 Å². The van der Waals surface area contributed by atoms with Crippen LogP contribution in [-0.2, 0) is 14.3 Å². The summed E-state index contributed by atoms with van der Waals surface area (Å²) in [6, 6.07) is 0. The van der Waals surface area contributed by atoms with Gasteiger partial charge in [0.2, 0.25) is 5.91 Å². The van der Waals surface area contributed by atoms with Crippen LogP contribution in [0.15, 0.2) is 0 Å². The molecule has 7 nitrogen and oxygen atoms in total. The number of carbonyl (C=O) groups is 3. The topological polar surface area (TPSA) is 95.9 Å². The molecule has 0 aromatic rings. The number of carboxylic acids is 1. The lowest BCUT2D eigenvalue weighted by molar-refractivity contribution is -0.150. The Labute approximate surface area is 123 Å². The van der Waals surface area contributed by atoms with E-state index in [1.165, 1.54) is 0 Å². The van der Waals surface area contributed by atoms with Crippen molar-refractivity contribution < 1.29 is 24.2 Å². The number of nitrogens with zero attached hydrogens (tertiary/aromatic N) is 1. The van der Waals surface area contributed by atoms with Crippen LogP contribution in [-0.4, -0.2) is 53.2 Å². The second-order valence-corrected chi connectivity index (χ2v) is 6.72. The van der Waals surface area contributed by atoms with Crippen LogP contribution in [0, 0.1) is 11.3 Å². The number of ether oxygens (including phenoxy) is 1. The molecule has 2 amide bonds. The minimum Gasteiger partial charge on any atom is -0.481 e. The van der Waals surface area contributed by atoms with Crippen LogP contribution in [0.5, 0.6) is 0 Å². The van der Waals surface area contributed by atoms with Gasteiger partial charge in [0.15, 0.2) is 0 Å². The lowest BCUT2D eigenvalue weighted by Gasteiger charge is -2.39. The number of carbonyl (C=O) groups excluding carboxylic acids is 2. The van der Waals surface area contributed by atoms with E-state index in [0.29, 0.717) is 25.9 Å². The molecule has 118 valence electrons. The van der Waals surface area contributed by atoms with E-state index in [-0.39, 0.29) is 12.5 Å². The van der Waals surface area contributed by atoms with Gasteiger partial charge in [0.1, 0.15) is 5.60 Å². The van der Waals surface area contributed by atoms with Crippen LogP contribution in [0.2, 0.25) is 0 Å². The summed E-state index contributed by atoms with van der Waals surface area (Å²) >= 11 is 0. The largest absolute Gasteiger partial charge is 0.481 e. The molecule has 2 aliphatic rings. The van der Waals surface area contributed by atoms with Crippen molar-refractivity contribution >= 4 is 18.0 Å². The number of hydrogen-bond donors (Lipinski definition) is 2. The van der Waals surface area contributed by atoms with E-state index in [4.69, 9.17) is 4.74 Å². The number of hydrogen-bond acceptors (Lipinski definition) is 4. The quantitative estimate of drug-likeness (QED) is 0.747. The maximum Gasteiger partial charge on any atom is 0.410 e. The van der Waals surface area contributed by atoms with Gasteiger partial charge in [-0.1, -0.05) is 0 Å². The summed E-state index contributed by atoms with van der Waals surface area (Å²) < 4.78 is 5.30. The zero-order valence-corrected chi connectivity index (χ0v) is 12.6. The van der Waals surface area contributed by atoms with Crippen LogP contribution < -0.4 is 5.32 Å². The molecule has 2 fully saturated rings. The maximum absolute atomic E-state index is 12.1. The van der Waals surface area contributed by atoms with Crippen LogP contribution >= 0.6 is 0 Å². The number of piperidine rings is 1. The molecule has 0 radical (unpaired) electrons. The first-order chi connectivity index (χ1) is 9.66. The van der Waals surface area contributed by atoms with Gasteiger partial charge in [0.05, 0.1) is 11.3 Å². The molecule has 0 unspecified atom stereocenters. The van der Waals surface area contributed by atoms with Gasteiger partial charge in [-0.3, -0.25) is 9.59 Å². The third kappa shape index (κ3) is 2.96. The lowest BCUT2D eigenvalue weighted by Crippen LogP contribution is -2.50. The van der Waals surface area contributed by atoms with Crippen molar-refractivity contribution in [3.63, 3.8) is 0 Å². The molecule has 2 heterocycles. The average Bonchev–Trinajstić information content (AvgIpc) is 2.66. The Hall–Kier alpha value is -1.79. The zero-order valence-electron chi connectivity index (χ0n) is 12.6. The second kappa shape index (κ2) is 5.20. The highest BCUT2D eigenvalue weighted by molar-refractivity contribution is 5.92. The van der Waals surface area contributed by atoms with Crippen LogP contribution in [0.3, 0.4) is 0 Å². The standard InChI is InChI=1S/C14H22N2O5/c1-13(2,3)21-12(20)16-6-4-14(5-7-16)9(10(17)18)8-15-11(14)19/h9H,4-8H2,1-3H3,(H,15,19)(H,17,18)/t9-/m0/s1. The Kier molecular flexibility index (Phi) is 3.86. The Balaban J connectivity index is 2.04. The molecule has 0 aromatic carbocycles. The van der Waals surface area contributed by atoms with Gasteiger partial charge in [-0.2, -0.15) is 0 Å². The Morgan fingerprint density at radius 3 is 2.38 bits per heavy atom. The highest BCUT2D eigenvalue weighted by atomic mass is 16.6. The van der Waals surface area contributed by atoms with Gasteiger partial charge in [0, 0.05) is 19.6 Å². The number of nitrogens with one attached hydrogen (secondary N) is 1. The van der Waals surface area contributed by atoms with Gasteiger partial charge < -0.3 is 20.1 Å². The monoisotopic (exact) mass is 298 g/mol. The van der Waals surface area contributed by atoms with E-state index in [2.05, 4.69) is 5.32 Å².